The fourth-order valence-corrected chi connectivity index (χ4v) is 4.50. The second-order valence-electron chi connectivity index (χ2n) is 6.48. The molecule has 0 aliphatic carbocycles. The van der Waals surface area contributed by atoms with Crippen molar-refractivity contribution in [2.24, 2.45) is 0 Å². The normalized spacial score (nSPS) is 15.3. The molecule has 0 aromatic heterocycles. The number of thioether (sulfide) groups is 1. The number of amides is 1. The predicted octanol–water partition coefficient (Wildman–Crippen LogP) is 6.16. The van der Waals surface area contributed by atoms with E-state index in [1.54, 1.807) is 17.0 Å². The van der Waals surface area contributed by atoms with Crippen molar-refractivity contribution >= 4 is 57.6 Å². The third kappa shape index (κ3) is 4.60. The molecule has 1 fully saturated rings. The molecule has 152 valence electrons. The van der Waals surface area contributed by atoms with Gasteiger partial charge in [-0.2, -0.15) is 0 Å². The Bertz CT molecular complexity index is 1000. The zero-order valence-electron chi connectivity index (χ0n) is 16.7. The molecule has 7 heteroatoms. The Morgan fingerprint density at radius 2 is 1.83 bits per heavy atom. The highest BCUT2D eigenvalue weighted by molar-refractivity contribution is 8.27. The van der Waals surface area contributed by atoms with Gasteiger partial charge in [0.2, 0.25) is 0 Å². The highest BCUT2D eigenvalue weighted by Crippen LogP contribution is 2.40. The third-order valence-corrected chi connectivity index (χ3v) is 6.04. The van der Waals surface area contributed by atoms with Gasteiger partial charge in [0.25, 0.3) is 5.91 Å². The Kier molecular flexibility index (Phi) is 6.88. The number of ether oxygens (including phenoxy) is 2. The Hall–Kier alpha value is -2.02. The van der Waals surface area contributed by atoms with Crippen molar-refractivity contribution in [2.45, 2.75) is 27.7 Å². The van der Waals surface area contributed by atoms with Crippen LogP contribution in [0.15, 0.2) is 35.2 Å². The van der Waals surface area contributed by atoms with Gasteiger partial charge in [-0.25, -0.2) is 0 Å². The fraction of sp³-hybridized carbons (Fsp3) is 0.273. The van der Waals surface area contributed by atoms with Gasteiger partial charge in [0.1, 0.15) is 0 Å². The average Bonchev–Trinajstić information content (AvgIpc) is 2.94. The number of rotatable bonds is 6. The van der Waals surface area contributed by atoms with Crippen LogP contribution in [-0.2, 0) is 4.79 Å². The van der Waals surface area contributed by atoms with E-state index in [9.17, 15) is 4.79 Å². The van der Waals surface area contributed by atoms with E-state index in [4.69, 9.17) is 33.3 Å². The van der Waals surface area contributed by atoms with Crippen LogP contribution in [0, 0.1) is 13.8 Å². The van der Waals surface area contributed by atoms with E-state index >= 15 is 0 Å². The van der Waals surface area contributed by atoms with Crippen LogP contribution in [-0.4, -0.2) is 23.4 Å². The highest BCUT2D eigenvalue weighted by Gasteiger charge is 2.33. The van der Waals surface area contributed by atoms with Crippen LogP contribution in [0.1, 0.15) is 30.5 Å². The quantitative estimate of drug-likeness (QED) is 0.391. The Morgan fingerprint density at radius 1 is 1.10 bits per heavy atom. The number of carbonyl (C=O) groups is 1. The van der Waals surface area contributed by atoms with E-state index in [1.807, 2.05) is 52.0 Å². The van der Waals surface area contributed by atoms with E-state index in [1.165, 1.54) is 17.3 Å². The second kappa shape index (κ2) is 9.20. The predicted molar refractivity (Wildman–Crippen MR) is 125 cm³/mol. The van der Waals surface area contributed by atoms with Crippen LogP contribution in [0.4, 0.5) is 5.69 Å². The maximum atomic E-state index is 13.0. The maximum absolute atomic E-state index is 13.0. The van der Waals surface area contributed by atoms with Crippen LogP contribution in [0.25, 0.3) is 6.08 Å². The van der Waals surface area contributed by atoms with Gasteiger partial charge in [-0.05, 0) is 74.7 Å². The molecule has 29 heavy (non-hydrogen) atoms. The van der Waals surface area contributed by atoms with Crippen molar-refractivity contribution < 1.29 is 14.3 Å². The van der Waals surface area contributed by atoms with Crippen molar-refractivity contribution in [3.05, 3.63) is 56.9 Å². The molecule has 0 saturated carbocycles. The van der Waals surface area contributed by atoms with Gasteiger partial charge in [0.15, 0.2) is 15.8 Å². The average molecular weight is 448 g/mol. The first kappa shape index (κ1) is 21.7. The molecule has 0 spiro atoms. The lowest BCUT2D eigenvalue weighted by atomic mass is 10.1. The number of nitrogens with zero attached hydrogens (tertiary/aromatic N) is 1. The maximum Gasteiger partial charge on any atom is 0.270 e. The molecule has 0 bridgehead atoms. The van der Waals surface area contributed by atoms with Crippen LogP contribution in [0.5, 0.6) is 11.5 Å². The number of aryl methyl sites for hydroxylation is 2. The van der Waals surface area contributed by atoms with Crippen molar-refractivity contribution in [1.29, 1.82) is 0 Å². The lowest BCUT2D eigenvalue weighted by molar-refractivity contribution is -0.113. The summed E-state index contributed by atoms with van der Waals surface area (Å²) in [7, 11) is 0. The molecule has 4 nitrogen and oxygen atoms in total. The van der Waals surface area contributed by atoms with Gasteiger partial charge in [-0.3, -0.25) is 9.69 Å². The van der Waals surface area contributed by atoms with Gasteiger partial charge >= 0.3 is 0 Å². The number of anilines is 1. The van der Waals surface area contributed by atoms with Gasteiger partial charge < -0.3 is 9.47 Å². The summed E-state index contributed by atoms with van der Waals surface area (Å²) in [6, 6.07) is 9.47. The fourth-order valence-electron chi connectivity index (χ4n) is 2.93. The first-order chi connectivity index (χ1) is 13.8. The number of hydrogen-bond donors (Lipinski definition) is 0. The summed E-state index contributed by atoms with van der Waals surface area (Å²) in [5.74, 6) is 0.916. The van der Waals surface area contributed by atoms with Crippen molar-refractivity contribution in [3.63, 3.8) is 0 Å². The lowest BCUT2D eigenvalue weighted by Crippen LogP contribution is -2.27. The molecule has 1 heterocycles. The summed E-state index contributed by atoms with van der Waals surface area (Å²) in [4.78, 5) is 15.1. The molecule has 2 aromatic carbocycles. The summed E-state index contributed by atoms with van der Waals surface area (Å²) in [6.07, 6.45) is 1.78. The third-order valence-electron chi connectivity index (χ3n) is 4.46. The minimum absolute atomic E-state index is 0.147. The molecule has 2 aromatic rings. The van der Waals surface area contributed by atoms with E-state index in [0.717, 1.165) is 16.8 Å². The number of thiocarbonyl (C=S) groups is 1. The zero-order valence-corrected chi connectivity index (χ0v) is 19.1. The number of carbonyl (C=O) groups excluding carboxylic acids is 1. The van der Waals surface area contributed by atoms with E-state index in [2.05, 4.69) is 0 Å². The molecule has 0 radical (unpaired) electrons. The molecule has 3 rings (SSSR count). The van der Waals surface area contributed by atoms with Gasteiger partial charge in [-0.15, -0.1) is 0 Å². The zero-order chi connectivity index (χ0) is 21.1. The minimum Gasteiger partial charge on any atom is -0.490 e. The molecule has 0 atom stereocenters. The molecular weight excluding hydrogens is 426 g/mol. The SMILES string of the molecule is CCOc1cc(C=C2SC(=S)N(c3ccc(C)c(C)c3)C2=O)cc(Cl)c1OCC. The monoisotopic (exact) mass is 447 g/mol. The van der Waals surface area contributed by atoms with E-state index < -0.39 is 0 Å². The Balaban J connectivity index is 1.95. The Labute approximate surface area is 185 Å². The molecule has 1 saturated heterocycles. The molecular formula is C22H22ClNO3S2. The van der Waals surface area contributed by atoms with Gasteiger partial charge in [0, 0.05) is 0 Å². The molecule has 1 aliphatic heterocycles. The summed E-state index contributed by atoms with van der Waals surface area (Å²) < 4.78 is 11.8. The molecule has 1 aliphatic rings. The molecule has 0 N–H and O–H groups in total. The lowest BCUT2D eigenvalue weighted by Gasteiger charge is -2.16. The van der Waals surface area contributed by atoms with Gasteiger partial charge in [0.05, 0.1) is 28.8 Å². The number of benzene rings is 2. The molecule has 1 amide bonds. The smallest absolute Gasteiger partial charge is 0.270 e. The van der Waals surface area contributed by atoms with Crippen molar-refractivity contribution in [3.8, 4) is 11.5 Å². The van der Waals surface area contributed by atoms with Gasteiger partial charge in [-0.1, -0.05) is 41.6 Å². The summed E-state index contributed by atoms with van der Waals surface area (Å²) >= 11 is 13.1. The van der Waals surface area contributed by atoms with Crippen LogP contribution >= 0.6 is 35.6 Å². The number of hydrogen-bond acceptors (Lipinski definition) is 5. The van der Waals surface area contributed by atoms with E-state index in [-0.39, 0.29) is 5.91 Å². The van der Waals surface area contributed by atoms with Crippen molar-refractivity contribution in [1.82, 2.24) is 0 Å². The summed E-state index contributed by atoms with van der Waals surface area (Å²) in [5, 5.41) is 0.439. The summed E-state index contributed by atoms with van der Waals surface area (Å²) in [6.45, 7) is 8.80. The largest absolute Gasteiger partial charge is 0.490 e. The van der Waals surface area contributed by atoms with Crippen LogP contribution in [0.3, 0.4) is 0 Å². The Morgan fingerprint density at radius 3 is 2.48 bits per heavy atom. The standard InChI is InChI=1S/C22H22ClNO3S2/c1-5-26-18-11-15(10-17(23)20(18)27-6-2)12-19-21(25)24(22(28)29-19)16-8-7-13(3)14(4)9-16/h7-12H,5-6H2,1-4H3. The first-order valence-electron chi connectivity index (χ1n) is 9.30. The second-order valence-corrected chi connectivity index (χ2v) is 8.56. The first-order valence-corrected chi connectivity index (χ1v) is 10.9. The highest BCUT2D eigenvalue weighted by atomic mass is 35.5. The molecule has 0 unspecified atom stereocenters. The van der Waals surface area contributed by atoms with Crippen molar-refractivity contribution in [2.75, 3.05) is 18.1 Å². The van der Waals surface area contributed by atoms with Crippen LogP contribution in [0.2, 0.25) is 5.02 Å². The van der Waals surface area contributed by atoms with E-state index in [0.29, 0.717) is 39.0 Å². The number of halogens is 1. The topological polar surface area (TPSA) is 38.8 Å². The van der Waals surface area contributed by atoms with Crippen LogP contribution < -0.4 is 14.4 Å². The minimum atomic E-state index is -0.147. The summed E-state index contributed by atoms with van der Waals surface area (Å²) in [5.41, 5.74) is 3.81.